The van der Waals surface area contributed by atoms with E-state index in [9.17, 15) is 4.79 Å². The first-order valence-corrected chi connectivity index (χ1v) is 8.63. The molecule has 0 aliphatic carbocycles. The van der Waals surface area contributed by atoms with Crippen LogP contribution in [0.5, 0.6) is 0 Å². The summed E-state index contributed by atoms with van der Waals surface area (Å²) in [6, 6.07) is 5.91. The Hall–Kier alpha value is -0.680. The van der Waals surface area contributed by atoms with Crippen molar-refractivity contribution in [3.63, 3.8) is 0 Å². The molecule has 1 amide bonds. The van der Waals surface area contributed by atoms with Crippen molar-refractivity contribution >= 4 is 39.3 Å². The lowest BCUT2D eigenvalue weighted by atomic mass is 10.0. The van der Waals surface area contributed by atoms with Crippen LogP contribution in [0, 0.1) is 5.92 Å². The number of carbonyl (C=O) groups excluding carboxylic acids is 1. The lowest BCUT2D eigenvalue weighted by molar-refractivity contribution is -0.119. The molecule has 112 valence electrons. The highest BCUT2D eigenvalue weighted by Gasteiger charge is 2.10. The molecule has 0 spiro atoms. The predicted octanol–water partition coefficient (Wildman–Crippen LogP) is 4.06. The Labute approximate surface area is 134 Å². The van der Waals surface area contributed by atoms with E-state index in [-0.39, 0.29) is 11.9 Å². The molecule has 0 radical (unpaired) electrons. The molecule has 0 saturated heterocycles. The van der Waals surface area contributed by atoms with Gasteiger partial charge in [-0.15, -0.1) is 11.8 Å². The Kier molecular flexibility index (Phi) is 7.45. The third-order valence-electron chi connectivity index (χ3n) is 2.92. The zero-order valence-corrected chi connectivity index (χ0v) is 14.7. The molecule has 3 nitrogen and oxygen atoms in total. The van der Waals surface area contributed by atoms with E-state index >= 15 is 0 Å². The third kappa shape index (κ3) is 6.66. The molecule has 1 rings (SSSR count). The first-order valence-electron chi connectivity index (χ1n) is 6.85. The molecule has 3 N–H and O–H groups in total. The summed E-state index contributed by atoms with van der Waals surface area (Å²) in [6.45, 7) is 6.44. The molecule has 0 heterocycles. The van der Waals surface area contributed by atoms with Crippen molar-refractivity contribution in [3.05, 3.63) is 22.7 Å². The summed E-state index contributed by atoms with van der Waals surface area (Å²) in [7, 11) is 0. The number of nitrogens with two attached hydrogens (primary N) is 1. The molecule has 5 heteroatoms. The van der Waals surface area contributed by atoms with Gasteiger partial charge in [0.25, 0.3) is 0 Å². The average molecular weight is 359 g/mol. The van der Waals surface area contributed by atoms with Crippen molar-refractivity contribution in [1.29, 1.82) is 0 Å². The summed E-state index contributed by atoms with van der Waals surface area (Å²) in [4.78, 5) is 12.8. The van der Waals surface area contributed by atoms with Gasteiger partial charge in [0.2, 0.25) is 5.91 Å². The Balaban J connectivity index is 2.37. The quantitative estimate of drug-likeness (QED) is 0.570. The molecule has 0 aliphatic rings. The minimum absolute atomic E-state index is 0.0608. The first kappa shape index (κ1) is 17.4. The number of carbonyl (C=O) groups is 1. The van der Waals surface area contributed by atoms with Crippen molar-refractivity contribution in [1.82, 2.24) is 5.32 Å². The van der Waals surface area contributed by atoms with Gasteiger partial charge in [0, 0.05) is 21.1 Å². The molecule has 1 aromatic rings. The highest BCUT2D eigenvalue weighted by Crippen LogP contribution is 2.28. The van der Waals surface area contributed by atoms with Crippen LogP contribution >= 0.6 is 27.7 Å². The number of hydrogen-bond acceptors (Lipinski definition) is 3. The molecule has 0 aliphatic heterocycles. The number of amides is 1. The van der Waals surface area contributed by atoms with Crippen LogP contribution in [0.1, 0.15) is 33.6 Å². The Morgan fingerprint density at radius 1 is 1.35 bits per heavy atom. The summed E-state index contributed by atoms with van der Waals surface area (Å²) in [5.74, 6) is 1.13. The van der Waals surface area contributed by atoms with Crippen LogP contribution in [0.4, 0.5) is 5.69 Å². The van der Waals surface area contributed by atoms with Gasteiger partial charge in [-0.1, -0.05) is 29.8 Å². The highest BCUT2D eigenvalue weighted by molar-refractivity contribution is 9.10. The lowest BCUT2D eigenvalue weighted by Gasteiger charge is -2.15. The van der Waals surface area contributed by atoms with E-state index in [1.165, 1.54) is 11.8 Å². The number of halogens is 1. The molecule has 0 aromatic heterocycles. The van der Waals surface area contributed by atoms with Crippen LogP contribution in [0.3, 0.4) is 0 Å². The van der Waals surface area contributed by atoms with Gasteiger partial charge in [-0.3, -0.25) is 4.79 Å². The number of thioether (sulfide) groups is 1. The Bertz CT molecular complexity index is 451. The van der Waals surface area contributed by atoms with Gasteiger partial charge >= 0.3 is 0 Å². The second-order valence-electron chi connectivity index (χ2n) is 5.41. The SMILES string of the molecule is CC(C)CCC(C)NC(=O)CSc1cc(Br)ccc1N. The van der Waals surface area contributed by atoms with Gasteiger partial charge in [0.05, 0.1) is 5.75 Å². The van der Waals surface area contributed by atoms with Gasteiger partial charge < -0.3 is 11.1 Å². The molecule has 0 bridgehead atoms. The molecule has 20 heavy (non-hydrogen) atoms. The topological polar surface area (TPSA) is 55.1 Å². The lowest BCUT2D eigenvalue weighted by Crippen LogP contribution is -2.34. The van der Waals surface area contributed by atoms with Gasteiger partial charge in [-0.25, -0.2) is 0 Å². The second-order valence-corrected chi connectivity index (χ2v) is 7.34. The fraction of sp³-hybridized carbons (Fsp3) is 0.533. The zero-order valence-electron chi connectivity index (χ0n) is 12.3. The molecular weight excluding hydrogens is 336 g/mol. The summed E-state index contributed by atoms with van der Waals surface area (Å²) in [6.07, 6.45) is 2.15. The third-order valence-corrected chi connectivity index (χ3v) is 4.48. The highest BCUT2D eigenvalue weighted by atomic mass is 79.9. The maximum atomic E-state index is 11.9. The second kappa shape index (κ2) is 8.57. The van der Waals surface area contributed by atoms with Crippen molar-refractivity contribution in [2.24, 2.45) is 5.92 Å². The van der Waals surface area contributed by atoms with Crippen LogP contribution in [0.15, 0.2) is 27.6 Å². The number of hydrogen-bond donors (Lipinski definition) is 2. The fourth-order valence-electron chi connectivity index (χ4n) is 1.75. The van der Waals surface area contributed by atoms with Crippen molar-refractivity contribution in [2.45, 2.75) is 44.6 Å². The molecular formula is C15H23BrN2OS. The predicted molar refractivity (Wildman–Crippen MR) is 91.0 cm³/mol. The zero-order chi connectivity index (χ0) is 15.1. The average Bonchev–Trinajstić information content (AvgIpc) is 2.37. The number of rotatable bonds is 7. The van der Waals surface area contributed by atoms with E-state index in [0.717, 1.165) is 22.2 Å². The van der Waals surface area contributed by atoms with E-state index in [1.54, 1.807) is 0 Å². The van der Waals surface area contributed by atoms with E-state index < -0.39 is 0 Å². The molecule has 0 fully saturated rings. The minimum Gasteiger partial charge on any atom is -0.398 e. The smallest absolute Gasteiger partial charge is 0.230 e. The maximum absolute atomic E-state index is 11.9. The van der Waals surface area contributed by atoms with Crippen LogP contribution in [-0.2, 0) is 4.79 Å². The minimum atomic E-state index is 0.0608. The van der Waals surface area contributed by atoms with Crippen LogP contribution < -0.4 is 11.1 Å². The number of nitrogen functional groups attached to an aromatic ring is 1. The van der Waals surface area contributed by atoms with E-state index in [0.29, 0.717) is 17.4 Å². The normalized spacial score (nSPS) is 12.4. The summed E-state index contributed by atoms with van der Waals surface area (Å²) in [5.41, 5.74) is 6.59. The number of benzene rings is 1. The largest absolute Gasteiger partial charge is 0.398 e. The van der Waals surface area contributed by atoms with Crippen LogP contribution in [-0.4, -0.2) is 17.7 Å². The Morgan fingerprint density at radius 2 is 2.05 bits per heavy atom. The van der Waals surface area contributed by atoms with E-state index in [4.69, 9.17) is 5.73 Å². The van der Waals surface area contributed by atoms with Gasteiger partial charge in [0.15, 0.2) is 0 Å². The number of anilines is 1. The number of nitrogens with one attached hydrogen (secondary N) is 1. The molecule has 1 atom stereocenters. The Morgan fingerprint density at radius 3 is 2.70 bits per heavy atom. The first-order chi connectivity index (χ1) is 9.38. The van der Waals surface area contributed by atoms with Crippen molar-refractivity contribution < 1.29 is 4.79 Å². The molecule has 1 aromatic carbocycles. The summed E-state index contributed by atoms with van der Waals surface area (Å²) in [5, 5.41) is 3.03. The van der Waals surface area contributed by atoms with Gasteiger partial charge in [-0.05, 0) is 43.9 Å². The standard InChI is InChI=1S/C15H23BrN2OS/c1-10(2)4-5-11(3)18-15(19)9-20-14-8-12(16)6-7-13(14)17/h6-8,10-11H,4-5,9,17H2,1-3H3,(H,18,19). The molecule has 1 unspecified atom stereocenters. The van der Waals surface area contributed by atoms with Crippen LogP contribution in [0.2, 0.25) is 0 Å². The monoisotopic (exact) mass is 358 g/mol. The molecule has 0 saturated carbocycles. The van der Waals surface area contributed by atoms with Crippen LogP contribution in [0.25, 0.3) is 0 Å². The fourth-order valence-corrected chi connectivity index (χ4v) is 3.08. The summed E-state index contributed by atoms with van der Waals surface area (Å²) >= 11 is 4.88. The van der Waals surface area contributed by atoms with E-state index in [2.05, 4.69) is 42.0 Å². The summed E-state index contributed by atoms with van der Waals surface area (Å²) < 4.78 is 0.972. The van der Waals surface area contributed by atoms with Gasteiger partial charge in [-0.2, -0.15) is 0 Å². The van der Waals surface area contributed by atoms with Gasteiger partial charge in [0.1, 0.15) is 0 Å². The van der Waals surface area contributed by atoms with Crippen molar-refractivity contribution in [3.8, 4) is 0 Å². The maximum Gasteiger partial charge on any atom is 0.230 e. The van der Waals surface area contributed by atoms with Crippen molar-refractivity contribution in [2.75, 3.05) is 11.5 Å². The van der Waals surface area contributed by atoms with E-state index in [1.807, 2.05) is 18.2 Å².